The Morgan fingerprint density at radius 3 is 2.72 bits per heavy atom. The van der Waals surface area contributed by atoms with Crippen molar-refractivity contribution in [3.63, 3.8) is 0 Å². The lowest BCUT2D eigenvalue weighted by atomic mass is 9.98. The Bertz CT molecular complexity index is 1010. The molecule has 3 atom stereocenters. The number of hydrogen-bond acceptors (Lipinski definition) is 6. The molecule has 1 saturated heterocycles. The van der Waals surface area contributed by atoms with Crippen molar-refractivity contribution in [3.05, 3.63) is 47.2 Å². The minimum absolute atomic E-state index is 0.000316. The van der Waals surface area contributed by atoms with Gasteiger partial charge in [0.25, 0.3) is 5.91 Å². The second kappa shape index (κ2) is 8.62. The third-order valence-corrected chi connectivity index (χ3v) is 7.42. The number of ether oxygens (including phenoxy) is 2. The highest BCUT2D eigenvalue weighted by Crippen LogP contribution is 2.42. The number of rotatable bonds is 5. The number of hydrogen-bond donors (Lipinski definition) is 1. The summed E-state index contributed by atoms with van der Waals surface area (Å²) in [4.78, 5) is 22.5. The van der Waals surface area contributed by atoms with Gasteiger partial charge in [-0.2, -0.15) is 0 Å². The molecular weight excluding hydrogens is 406 g/mol. The number of aromatic nitrogens is 1. The zero-order valence-electron chi connectivity index (χ0n) is 18.8. The molecular formula is C25H31N3O4. The van der Waals surface area contributed by atoms with Crippen LogP contribution >= 0.6 is 0 Å². The monoisotopic (exact) mass is 437 g/mol. The smallest absolute Gasteiger partial charge is 0.258 e. The van der Waals surface area contributed by atoms with Crippen LogP contribution in [0.1, 0.15) is 47.2 Å². The van der Waals surface area contributed by atoms with E-state index in [1.165, 1.54) is 5.56 Å². The number of aliphatic hydroxyl groups excluding tert-OH is 1. The van der Waals surface area contributed by atoms with E-state index in [2.05, 4.69) is 9.88 Å². The standard InChI is InChI=1S/C25H31N3O4/c1-31-22-12-16-8-10-27(14-18(16)13-23(22)32-2)24-20(6-4-9-26-24)25(30)28-19(15-29)11-17-5-3-7-21(17)28/h4,6,9,12-13,17,19,21,29H,3,5,7-8,10-11,14-15H2,1-2H3/t17-,19-,21-/m0/s1. The van der Waals surface area contributed by atoms with Gasteiger partial charge in [-0.3, -0.25) is 4.79 Å². The number of carbonyl (C=O) groups excluding carboxylic acids is 1. The number of methoxy groups -OCH3 is 2. The molecule has 1 aromatic carbocycles. The molecule has 1 amide bonds. The van der Waals surface area contributed by atoms with Gasteiger partial charge in [0.1, 0.15) is 5.82 Å². The van der Waals surface area contributed by atoms with Gasteiger partial charge in [-0.25, -0.2) is 4.98 Å². The lowest BCUT2D eigenvalue weighted by molar-refractivity contribution is 0.0590. The van der Waals surface area contributed by atoms with Crippen molar-refractivity contribution in [3.8, 4) is 11.5 Å². The van der Waals surface area contributed by atoms with Crippen LogP contribution in [0.5, 0.6) is 11.5 Å². The molecule has 1 aliphatic carbocycles. The molecule has 3 aliphatic rings. The van der Waals surface area contributed by atoms with Crippen LogP contribution < -0.4 is 14.4 Å². The van der Waals surface area contributed by atoms with Crippen molar-refractivity contribution < 1.29 is 19.4 Å². The summed E-state index contributed by atoms with van der Waals surface area (Å²) in [5, 5.41) is 9.96. The number of nitrogens with zero attached hydrogens (tertiary/aromatic N) is 3. The normalized spacial score (nSPS) is 24.3. The summed E-state index contributed by atoms with van der Waals surface area (Å²) in [5.41, 5.74) is 3.02. The van der Waals surface area contributed by atoms with Gasteiger partial charge in [0.2, 0.25) is 0 Å². The van der Waals surface area contributed by atoms with Crippen molar-refractivity contribution in [2.75, 3.05) is 32.3 Å². The van der Waals surface area contributed by atoms with E-state index in [9.17, 15) is 9.90 Å². The van der Waals surface area contributed by atoms with Crippen LogP contribution in [-0.2, 0) is 13.0 Å². The third kappa shape index (κ3) is 3.48. The molecule has 0 radical (unpaired) electrons. The van der Waals surface area contributed by atoms with E-state index >= 15 is 0 Å². The zero-order valence-corrected chi connectivity index (χ0v) is 18.8. The van der Waals surface area contributed by atoms with E-state index in [1.807, 2.05) is 29.2 Å². The van der Waals surface area contributed by atoms with Gasteiger partial charge in [-0.15, -0.1) is 0 Å². The largest absolute Gasteiger partial charge is 0.493 e. The molecule has 1 aromatic heterocycles. The summed E-state index contributed by atoms with van der Waals surface area (Å²) in [5.74, 6) is 2.68. The van der Waals surface area contributed by atoms with E-state index in [0.717, 1.165) is 55.8 Å². The van der Waals surface area contributed by atoms with Crippen LogP contribution in [0, 0.1) is 5.92 Å². The number of aliphatic hydroxyl groups is 1. The van der Waals surface area contributed by atoms with Crippen molar-refractivity contribution in [1.82, 2.24) is 9.88 Å². The molecule has 170 valence electrons. The van der Waals surface area contributed by atoms with Crippen molar-refractivity contribution in [2.45, 2.75) is 50.7 Å². The van der Waals surface area contributed by atoms with E-state index < -0.39 is 0 Å². The highest BCUT2D eigenvalue weighted by Gasteiger charge is 2.46. The van der Waals surface area contributed by atoms with Gasteiger partial charge in [0.15, 0.2) is 11.5 Å². The molecule has 2 aromatic rings. The lowest BCUT2D eigenvalue weighted by Gasteiger charge is -2.34. The number of likely N-dealkylation sites (tertiary alicyclic amines) is 1. The summed E-state index contributed by atoms with van der Waals surface area (Å²) in [6.07, 6.45) is 6.84. The minimum Gasteiger partial charge on any atom is -0.493 e. The molecule has 0 unspecified atom stereocenters. The fourth-order valence-corrected chi connectivity index (χ4v) is 5.89. The molecule has 7 heteroatoms. The number of benzene rings is 1. The Kier molecular flexibility index (Phi) is 5.67. The Morgan fingerprint density at radius 2 is 1.97 bits per heavy atom. The third-order valence-electron chi connectivity index (χ3n) is 7.42. The highest BCUT2D eigenvalue weighted by atomic mass is 16.5. The molecule has 1 saturated carbocycles. The number of carbonyl (C=O) groups is 1. The molecule has 5 rings (SSSR count). The van der Waals surface area contributed by atoms with Gasteiger partial charge in [0.05, 0.1) is 32.4 Å². The van der Waals surface area contributed by atoms with Crippen LogP contribution in [0.2, 0.25) is 0 Å². The fraction of sp³-hybridized carbons (Fsp3) is 0.520. The van der Waals surface area contributed by atoms with Crippen LogP contribution in [0.15, 0.2) is 30.5 Å². The maximum atomic E-state index is 13.8. The average molecular weight is 438 g/mol. The molecule has 3 heterocycles. The van der Waals surface area contributed by atoms with Gasteiger partial charge >= 0.3 is 0 Å². The molecule has 0 bridgehead atoms. The fourth-order valence-electron chi connectivity index (χ4n) is 5.89. The summed E-state index contributed by atoms with van der Waals surface area (Å²) < 4.78 is 10.9. The van der Waals surface area contributed by atoms with Gasteiger partial charge < -0.3 is 24.4 Å². The summed E-state index contributed by atoms with van der Waals surface area (Å²) in [6, 6.07) is 7.93. The number of fused-ring (bicyclic) bond motifs is 2. The van der Waals surface area contributed by atoms with Crippen molar-refractivity contribution >= 4 is 11.7 Å². The first kappa shape index (κ1) is 21.1. The van der Waals surface area contributed by atoms with Crippen LogP contribution in [0.4, 0.5) is 5.82 Å². The van der Waals surface area contributed by atoms with Gasteiger partial charge in [-0.05, 0) is 67.0 Å². The van der Waals surface area contributed by atoms with Crippen LogP contribution in [0.3, 0.4) is 0 Å². The van der Waals surface area contributed by atoms with E-state index in [0.29, 0.717) is 23.8 Å². The Morgan fingerprint density at radius 1 is 1.19 bits per heavy atom. The maximum Gasteiger partial charge on any atom is 0.258 e. The van der Waals surface area contributed by atoms with Crippen LogP contribution in [0.25, 0.3) is 0 Å². The first-order valence-electron chi connectivity index (χ1n) is 11.5. The summed E-state index contributed by atoms with van der Waals surface area (Å²) in [7, 11) is 3.29. The quantitative estimate of drug-likeness (QED) is 0.775. The molecule has 7 nitrogen and oxygen atoms in total. The van der Waals surface area contributed by atoms with E-state index in [-0.39, 0.29) is 24.6 Å². The molecule has 0 spiro atoms. The van der Waals surface area contributed by atoms with Crippen molar-refractivity contribution in [1.29, 1.82) is 0 Å². The van der Waals surface area contributed by atoms with Gasteiger partial charge in [0, 0.05) is 25.3 Å². The SMILES string of the molecule is COc1cc2c(cc1OC)CN(c1ncccc1C(=O)N1[C@H](CO)C[C@@H]3CCC[C@@H]31)CC2. The molecule has 2 aliphatic heterocycles. The predicted octanol–water partition coefficient (Wildman–Crippen LogP) is 3.04. The Hall–Kier alpha value is -2.80. The second-order valence-corrected chi connectivity index (χ2v) is 9.06. The topological polar surface area (TPSA) is 75.1 Å². The second-order valence-electron chi connectivity index (χ2n) is 9.06. The first-order valence-corrected chi connectivity index (χ1v) is 11.5. The Labute approximate surface area is 189 Å². The minimum atomic E-state index is -0.0929. The average Bonchev–Trinajstić information content (AvgIpc) is 3.43. The predicted molar refractivity (Wildman–Crippen MR) is 121 cm³/mol. The first-order chi connectivity index (χ1) is 15.6. The number of amides is 1. The summed E-state index contributed by atoms with van der Waals surface area (Å²) in [6.45, 7) is 1.45. The highest BCUT2D eigenvalue weighted by molar-refractivity contribution is 5.99. The number of pyridine rings is 1. The Balaban J connectivity index is 1.45. The molecule has 1 N–H and O–H groups in total. The van der Waals surface area contributed by atoms with Crippen LogP contribution in [-0.4, -0.2) is 60.4 Å². The summed E-state index contributed by atoms with van der Waals surface area (Å²) >= 11 is 0. The zero-order chi connectivity index (χ0) is 22.2. The number of anilines is 1. The maximum absolute atomic E-state index is 13.8. The molecule has 32 heavy (non-hydrogen) atoms. The molecule has 2 fully saturated rings. The lowest BCUT2D eigenvalue weighted by Crippen LogP contribution is -2.44. The van der Waals surface area contributed by atoms with E-state index in [1.54, 1.807) is 20.4 Å². The van der Waals surface area contributed by atoms with Crippen molar-refractivity contribution in [2.24, 2.45) is 5.92 Å². The van der Waals surface area contributed by atoms with Gasteiger partial charge in [-0.1, -0.05) is 6.42 Å². The van der Waals surface area contributed by atoms with E-state index in [4.69, 9.17) is 9.47 Å².